The highest BCUT2D eigenvalue weighted by molar-refractivity contribution is 5.99. The van der Waals surface area contributed by atoms with E-state index in [-0.39, 0.29) is 5.91 Å². The van der Waals surface area contributed by atoms with Crippen LogP contribution in [0.5, 0.6) is 5.75 Å². The summed E-state index contributed by atoms with van der Waals surface area (Å²) in [5.41, 5.74) is 2.51. The fourth-order valence-electron chi connectivity index (χ4n) is 5.09. The molecule has 2 aliphatic rings. The molecule has 0 bridgehead atoms. The van der Waals surface area contributed by atoms with Gasteiger partial charge in [0.25, 0.3) is 0 Å². The van der Waals surface area contributed by atoms with Gasteiger partial charge >= 0.3 is 0 Å². The molecule has 1 unspecified atom stereocenters. The maximum absolute atomic E-state index is 13.4. The van der Waals surface area contributed by atoms with Gasteiger partial charge in [-0.1, -0.05) is 36.8 Å². The molecular formula is C28H38N2O3. The Kier molecular flexibility index (Phi) is 8.05. The molecule has 2 fully saturated rings. The van der Waals surface area contributed by atoms with Crippen LogP contribution in [0, 0.1) is 12.8 Å². The van der Waals surface area contributed by atoms with Crippen LogP contribution in [0.3, 0.4) is 0 Å². The fourth-order valence-corrected chi connectivity index (χ4v) is 5.09. The standard InChI is InChI=1S/C28H38N2O3/c1-22-6-8-24(9-7-22)28(14-19-32-20-15-28)27(31)29-25-10-12-26(13-11-25)33-18-4-17-30-16-3-5-23(2)21-30/h6-13,23H,3-5,14-21H2,1-2H3,(H,29,31). The maximum Gasteiger partial charge on any atom is 0.235 e. The Labute approximate surface area is 198 Å². The number of hydrogen-bond donors (Lipinski definition) is 1. The monoisotopic (exact) mass is 450 g/mol. The highest BCUT2D eigenvalue weighted by Gasteiger charge is 2.41. The van der Waals surface area contributed by atoms with Gasteiger partial charge in [-0.05, 0) is 81.3 Å². The van der Waals surface area contributed by atoms with Gasteiger partial charge in [0.1, 0.15) is 5.75 Å². The van der Waals surface area contributed by atoms with E-state index in [2.05, 4.69) is 48.3 Å². The van der Waals surface area contributed by atoms with Crippen LogP contribution in [0.15, 0.2) is 48.5 Å². The van der Waals surface area contributed by atoms with Crippen LogP contribution >= 0.6 is 0 Å². The highest BCUT2D eigenvalue weighted by atomic mass is 16.5. The van der Waals surface area contributed by atoms with E-state index in [0.29, 0.717) is 32.7 Å². The maximum atomic E-state index is 13.4. The van der Waals surface area contributed by atoms with Crippen molar-refractivity contribution in [2.45, 2.75) is 51.4 Å². The Morgan fingerprint density at radius 1 is 1.12 bits per heavy atom. The van der Waals surface area contributed by atoms with Crippen molar-refractivity contribution >= 4 is 11.6 Å². The van der Waals surface area contributed by atoms with Crippen molar-refractivity contribution in [2.24, 2.45) is 5.92 Å². The summed E-state index contributed by atoms with van der Waals surface area (Å²) in [6, 6.07) is 16.1. The van der Waals surface area contributed by atoms with E-state index in [9.17, 15) is 4.79 Å². The van der Waals surface area contributed by atoms with Crippen LogP contribution in [0.25, 0.3) is 0 Å². The number of nitrogens with one attached hydrogen (secondary N) is 1. The van der Waals surface area contributed by atoms with Gasteiger partial charge in [0.2, 0.25) is 5.91 Å². The molecule has 2 heterocycles. The molecular weight excluding hydrogens is 412 g/mol. The van der Waals surface area contributed by atoms with E-state index < -0.39 is 5.41 Å². The summed E-state index contributed by atoms with van der Waals surface area (Å²) in [5, 5.41) is 3.15. The molecule has 0 aromatic heterocycles. The Morgan fingerprint density at radius 2 is 1.85 bits per heavy atom. The number of ether oxygens (including phenoxy) is 2. The van der Waals surface area contributed by atoms with Crippen molar-refractivity contribution in [3.63, 3.8) is 0 Å². The van der Waals surface area contributed by atoms with E-state index in [1.54, 1.807) is 0 Å². The first kappa shape index (κ1) is 23.8. The van der Waals surface area contributed by atoms with Gasteiger partial charge in [-0.15, -0.1) is 0 Å². The van der Waals surface area contributed by atoms with Crippen molar-refractivity contribution < 1.29 is 14.3 Å². The van der Waals surface area contributed by atoms with Gasteiger partial charge in [0, 0.05) is 32.0 Å². The number of likely N-dealkylation sites (tertiary alicyclic amines) is 1. The lowest BCUT2D eigenvalue weighted by Crippen LogP contribution is -2.44. The molecule has 5 nitrogen and oxygen atoms in total. The zero-order valence-corrected chi connectivity index (χ0v) is 20.1. The second-order valence-electron chi connectivity index (χ2n) is 9.79. The van der Waals surface area contributed by atoms with Gasteiger partial charge < -0.3 is 19.7 Å². The van der Waals surface area contributed by atoms with Crippen molar-refractivity contribution in [1.29, 1.82) is 0 Å². The lowest BCUT2D eigenvalue weighted by atomic mass is 9.73. The molecule has 0 radical (unpaired) electrons. The Balaban J connectivity index is 1.31. The molecule has 2 aromatic carbocycles. The summed E-state index contributed by atoms with van der Waals surface area (Å²) < 4.78 is 11.5. The van der Waals surface area contributed by atoms with E-state index in [1.165, 1.54) is 31.5 Å². The molecule has 5 heteroatoms. The lowest BCUT2D eigenvalue weighted by molar-refractivity contribution is -0.125. The number of rotatable bonds is 8. The Morgan fingerprint density at radius 3 is 2.55 bits per heavy atom. The highest BCUT2D eigenvalue weighted by Crippen LogP contribution is 2.36. The summed E-state index contributed by atoms with van der Waals surface area (Å²) in [7, 11) is 0. The second-order valence-corrected chi connectivity index (χ2v) is 9.79. The molecule has 2 saturated heterocycles. The smallest absolute Gasteiger partial charge is 0.235 e. The third kappa shape index (κ3) is 6.15. The number of nitrogens with zero attached hydrogens (tertiary/aromatic N) is 1. The Bertz CT molecular complexity index is 888. The van der Waals surface area contributed by atoms with Crippen molar-refractivity contribution in [2.75, 3.05) is 44.8 Å². The minimum atomic E-state index is -0.549. The first-order valence-corrected chi connectivity index (χ1v) is 12.5. The molecule has 1 atom stereocenters. The molecule has 0 aliphatic carbocycles. The molecule has 33 heavy (non-hydrogen) atoms. The summed E-state index contributed by atoms with van der Waals surface area (Å²) in [6.45, 7) is 9.86. The van der Waals surface area contributed by atoms with Gasteiger partial charge in [-0.3, -0.25) is 4.79 Å². The summed E-state index contributed by atoms with van der Waals surface area (Å²) in [6.07, 6.45) is 5.09. The minimum Gasteiger partial charge on any atom is -0.494 e. The second kappa shape index (κ2) is 11.2. The topological polar surface area (TPSA) is 50.8 Å². The van der Waals surface area contributed by atoms with Crippen molar-refractivity contribution in [1.82, 2.24) is 4.90 Å². The number of anilines is 1. The summed E-state index contributed by atoms with van der Waals surface area (Å²) in [4.78, 5) is 16.0. The number of carbonyl (C=O) groups excluding carboxylic acids is 1. The van der Waals surface area contributed by atoms with Gasteiger partial charge in [0.15, 0.2) is 0 Å². The molecule has 0 saturated carbocycles. The summed E-state index contributed by atoms with van der Waals surface area (Å²) in [5.74, 6) is 1.70. The van der Waals surface area contributed by atoms with Crippen LogP contribution in [-0.4, -0.2) is 50.3 Å². The molecule has 1 N–H and O–H groups in total. The number of benzene rings is 2. The van der Waals surface area contributed by atoms with Gasteiger partial charge in [-0.2, -0.15) is 0 Å². The number of amides is 1. The molecule has 0 spiro atoms. The summed E-state index contributed by atoms with van der Waals surface area (Å²) >= 11 is 0. The lowest BCUT2D eigenvalue weighted by Gasteiger charge is -2.36. The van der Waals surface area contributed by atoms with E-state index >= 15 is 0 Å². The van der Waals surface area contributed by atoms with Crippen molar-refractivity contribution in [3.8, 4) is 5.75 Å². The molecule has 4 rings (SSSR count). The average Bonchev–Trinajstić information content (AvgIpc) is 2.84. The average molecular weight is 451 g/mol. The van der Waals surface area contributed by atoms with E-state index in [4.69, 9.17) is 9.47 Å². The third-order valence-corrected chi connectivity index (χ3v) is 7.13. The SMILES string of the molecule is Cc1ccc(C2(C(=O)Nc3ccc(OCCCN4CCCC(C)C4)cc3)CCOCC2)cc1. The normalized spacial score (nSPS) is 20.8. The zero-order chi connectivity index (χ0) is 23.1. The quantitative estimate of drug-likeness (QED) is 0.563. The minimum absolute atomic E-state index is 0.0408. The molecule has 2 aliphatic heterocycles. The van der Waals surface area contributed by atoms with E-state index in [1.807, 2.05) is 24.3 Å². The largest absolute Gasteiger partial charge is 0.494 e. The Hall–Kier alpha value is -2.37. The zero-order valence-electron chi connectivity index (χ0n) is 20.1. The van der Waals surface area contributed by atoms with E-state index in [0.717, 1.165) is 35.9 Å². The number of hydrogen-bond acceptors (Lipinski definition) is 4. The molecule has 1 amide bonds. The third-order valence-electron chi connectivity index (χ3n) is 7.13. The number of carbonyl (C=O) groups is 1. The van der Waals surface area contributed by atoms with Crippen molar-refractivity contribution in [3.05, 3.63) is 59.7 Å². The number of aryl methyl sites for hydroxylation is 1. The van der Waals surface area contributed by atoms with Crippen LogP contribution in [-0.2, 0) is 14.9 Å². The fraction of sp³-hybridized carbons (Fsp3) is 0.536. The van der Waals surface area contributed by atoms with Crippen LogP contribution in [0.2, 0.25) is 0 Å². The molecule has 178 valence electrons. The predicted octanol–water partition coefficient (Wildman–Crippen LogP) is 5.18. The van der Waals surface area contributed by atoms with Crippen LogP contribution < -0.4 is 10.1 Å². The van der Waals surface area contributed by atoms with Crippen LogP contribution in [0.1, 0.15) is 50.2 Å². The first-order valence-electron chi connectivity index (χ1n) is 12.5. The predicted molar refractivity (Wildman–Crippen MR) is 133 cm³/mol. The molecule has 2 aromatic rings. The van der Waals surface area contributed by atoms with Crippen LogP contribution in [0.4, 0.5) is 5.69 Å². The van der Waals surface area contributed by atoms with Gasteiger partial charge in [0.05, 0.1) is 12.0 Å². The first-order chi connectivity index (χ1) is 16.0. The number of piperidine rings is 1. The van der Waals surface area contributed by atoms with Gasteiger partial charge in [-0.25, -0.2) is 0 Å².